The lowest BCUT2D eigenvalue weighted by molar-refractivity contribution is -0.129. The van der Waals surface area contributed by atoms with Crippen molar-refractivity contribution in [2.24, 2.45) is 0 Å². The third-order valence-electron chi connectivity index (χ3n) is 2.37. The molecule has 0 N–H and O–H groups in total. The van der Waals surface area contributed by atoms with Crippen molar-refractivity contribution in [2.45, 2.75) is 6.54 Å². The maximum absolute atomic E-state index is 11.5. The molecule has 0 atom stereocenters. The van der Waals surface area contributed by atoms with E-state index < -0.39 is 5.76 Å². The minimum atomic E-state index is -0.503. The predicted octanol–water partition coefficient (Wildman–Crippen LogP) is 0.683. The maximum atomic E-state index is 11.5. The Morgan fingerprint density at radius 3 is 2.75 bits per heavy atom. The first-order valence-corrected chi connectivity index (χ1v) is 4.88. The number of carbonyl (C=O) groups excluding carboxylic acids is 1. The lowest BCUT2D eigenvalue weighted by atomic mass is 10.3. The fourth-order valence-electron chi connectivity index (χ4n) is 1.44. The second kappa shape index (κ2) is 3.84. The summed E-state index contributed by atoms with van der Waals surface area (Å²) in [6.45, 7) is 0.00282. The molecule has 5 heteroatoms. The number of aromatic nitrogens is 1. The maximum Gasteiger partial charge on any atom is 0.420 e. The summed E-state index contributed by atoms with van der Waals surface area (Å²) in [6.07, 6.45) is 0. The van der Waals surface area contributed by atoms with Crippen molar-refractivity contribution in [3.63, 3.8) is 0 Å². The zero-order valence-corrected chi connectivity index (χ0v) is 9.14. The van der Waals surface area contributed by atoms with E-state index in [0.29, 0.717) is 11.1 Å². The van der Waals surface area contributed by atoms with E-state index in [1.807, 2.05) is 0 Å². The van der Waals surface area contributed by atoms with Gasteiger partial charge in [0.2, 0.25) is 5.91 Å². The molecule has 0 radical (unpaired) electrons. The smallest absolute Gasteiger partial charge is 0.408 e. The van der Waals surface area contributed by atoms with Crippen LogP contribution in [0.2, 0.25) is 0 Å². The molecule has 0 aliphatic heterocycles. The number of carbonyl (C=O) groups is 1. The highest BCUT2D eigenvalue weighted by molar-refractivity contribution is 5.79. The molecule has 1 aromatic heterocycles. The van der Waals surface area contributed by atoms with E-state index in [1.165, 1.54) is 9.47 Å². The predicted molar refractivity (Wildman–Crippen MR) is 59.2 cm³/mol. The van der Waals surface area contributed by atoms with E-state index in [2.05, 4.69) is 0 Å². The van der Waals surface area contributed by atoms with Crippen LogP contribution in [0.5, 0.6) is 0 Å². The van der Waals surface area contributed by atoms with Gasteiger partial charge in [0, 0.05) is 14.1 Å². The summed E-state index contributed by atoms with van der Waals surface area (Å²) in [4.78, 5) is 24.5. The van der Waals surface area contributed by atoms with Crippen LogP contribution in [0.25, 0.3) is 11.1 Å². The summed E-state index contributed by atoms with van der Waals surface area (Å²) < 4.78 is 6.35. The van der Waals surface area contributed by atoms with E-state index in [4.69, 9.17) is 4.42 Å². The molecule has 1 amide bonds. The van der Waals surface area contributed by atoms with Crippen molar-refractivity contribution in [2.75, 3.05) is 14.1 Å². The third kappa shape index (κ3) is 1.71. The lowest BCUT2D eigenvalue weighted by Gasteiger charge is -2.09. The molecule has 0 fully saturated rings. The Kier molecular flexibility index (Phi) is 2.52. The van der Waals surface area contributed by atoms with Crippen LogP contribution in [-0.2, 0) is 11.3 Å². The average molecular weight is 220 g/mol. The molecule has 1 heterocycles. The van der Waals surface area contributed by atoms with Crippen LogP contribution in [0, 0.1) is 0 Å². The van der Waals surface area contributed by atoms with Gasteiger partial charge in [-0.15, -0.1) is 0 Å². The van der Waals surface area contributed by atoms with Gasteiger partial charge in [-0.3, -0.25) is 9.36 Å². The summed E-state index contributed by atoms with van der Waals surface area (Å²) in [7, 11) is 3.30. The molecule has 1 aromatic carbocycles. The molecular formula is C11H12N2O3. The second-order valence-corrected chi connectivity index (χ2v) is 3.71. The Balaban J connectivity index is 2.48. The van der Waals surface area contributed by atoms with Crippen molar-refractivity contribution in [3.05, 3.63) is 34.8 Å². The van der Waals surface area contributed by atoms with E-state index in [-0.39, 0.29) is 12.5 Å². The third-order valence-corrected chi connectivity index (χ3v) is 2.37. The van der Waals surface area contributed by atoms with Crippen molar-refractivity contribution in [1.29, 1.82) is 0 Å². The Labute approximate surface area is 91.9 Å². The number of fused-ring (bicyclic) bond motifs is 1. The van der Waals surface area contributed by atoms with Gasteiger partial charge in [-0.2, -0.15) is 0 Å². The molecule has 2 aromatic rings. The topological polar surface area (TPSA) is 55.5 Å². The first kappa shape index (κ1) is 10.5. The van der Waals surface area contributed by atoms with Crippen molar-refractivity contribution >= 4 is 17.0 Å². The number of rotatable bonds is 2. The molecule has 0 bridgehead atoms. The molecule has 0 aliphatic rings. The number of hydrogen-bond donors (Lipinski definition) is 0. The molecule has 16 heavy (non-hydrogen) atoms. The van der Waals surface area contributed by atoms with E-state index in [1.54, 1.807) is 38.4 Å². The van der Waals surface area contributed by atoms with Gasteiger partial charge in [0.15, 0.2) is 5.58 Å². The van der Waals surface area contributed by atoms with Gasteiger partial charge in [0.05, 0.1) is 5.52 Å². The SMILES string of the molecule is CN(C)C(=O)Cn1c(=O)oc2ccccc21. The van der Waals surface area contributed by atoms with Gasteiger partial charge in [-0.25, -0.2) is 4.79 Å². The van der Waals surface area contributed by atoms with Crippen molar-refractivity contribution in [3.8, 4) is 0 Å². The van der Waals surface area contributed by atoms with Gasteiger partial charge in [0.25, 0.3) is 0 Å². The molecule has 0 saturated carbocycles. The summed E-state index contributed by atoms with van der Waals surface area (Å²) in [5, 5.41) is 0. The van der Waals surface area contributed by atoms with Crippen LogP contribution < -0.4 is 5.76 Å². The monoisotopic (exact) mass is 220 g/mol. The highest BCUT2D eigenvalue weighted by atomic mass is 16.4. The summed E-state index contributed by atoms with van der Waals surface area (Å²) in [5.74, 6) is -0.648. The number of benzene rings is 1. The van der Waals surface area contributed by atoms with Crippen LogP contribution in [0.4, 0.5) is 0 Å². The molecule has 5 nitrogen and oxygen atoms in total. The van der Waals surface area contributed by atoms with Gasteiger partial charge in [-0.1, -0.05) is 12.1 Å². The van der Waals surface area contributed by atoms with Crippen LogP contribution >= 0.6 is 0 Å². The number of oxazole rings is 1. The number of amides is 1. The molecular weight excluding hydrogens is 208 g/mol. The minimum absolute atomic E-state index is 0.00282. The van der Waals surface area contributed by atoms with Gasteiger partial charge in [0.1, 0.15) is 6.54 Å². The van der Waals surface area contributed by atoms with Crippen LogP contribution in [0.3, 0.4) is 0 Å². The van der Waals surface area contributed by atoms with Crippen LogP contribution in [0.1, 0.15) is 0 Å². The van der Waals surface area contributed by atoms with Gasteiger partial charge >= 0.3 is 5.76 Å². The van der Waals surface area contributed by atoms with E-state index in [9.17, 15) is 9.59 Å². The Morgan fingerprint density at radius 1 is 1.38 bits per heavy atom. The number of likely N-dealkylation sites (N-methyl/N-ethyl adjacent to an activating group) is 1. The van der Waals surface area contributed by atoms with Crippen molar-refractivity contribution in [1.82, 2.24) is 9.47 Å². The van der Waals surface area contributed by atoms with Crippen LogP contribution in [0.15, 0.2) is 33.5 Å². The van der Waals surface area contributed by atoms with E-state index >= 15 is 0 Å². The zero-order valence-electron chi connectivity index (χ0n) is 9.14. The normalized spacial score (nSPS) is 10.6. The van der Waals surface area contributed by atoms with E-state index in [0.717, 1.165) is 0 Å². The highest BCUT2D eigenvalue weighted by Crippen LogP contribution is 2.11. The summed E-state index contributed by atoms with van der Waals surface area (Å²) in [5.41, 5.74) is 1.14. The Bertz CT molecular complexity index is 580. The number of para-hydroxylation sites is 2. The summed E-state index contributed by atoms with van der Waals surface area (Å²) >= 11 is 0. The Morgan fingerprint density at radius 2 is 2.06 bits per heavy atom. The Hall–Kier alpha value is -2.04. The molecule has 84 valence electrons. The fourth-order valence-corrected chi connectivity index (χ4v) is 1.44. The fraction of sp³-hybridized carbons (Fsp3) is 0.273. The quantitative estimate of drug-likeness (QED) is 0.748. The molecule has 0 saturated heterocycles. The zero-order chi connectivity index (χ0) is 11.7. The van der Waals surface area contributed by atoms with Gasteiger partial charge < -0.3 is 9.32 Å². The first-order chi connectivity index (χ1) is 7.59. The first-order valence-electron chi connectivity index (χ1n) is 4.88. The largest absolute Gasteiger partial charge is 0.420 e. The minimum Gasteiger partial charge on any atom is -0.408 e. The highest BCUT2D eigenvalue weighted by Gasteiger charge is 2.12. The molecule has 2 rings (SSSR count). The molecule has 0 aliphatic carbocycles. The average Bonchev–Trinajstić information content (AvgIpc) is 2.55. The lowest BCUT2D eigenvalue weighted by Crippen LogP contribution is -2.29. The number of hydrogen-bond acceptors (Lipinski definition) is 3. The number of nitrogens with zero attached hydrogens (tertiary/aromatic N) is 2. The second-order valence-electron chi connectivity index (χ2n) is 3.71. The summed E-state index contributed by atoms with van der Waals surface area (Å²) in [6, 6.07) is 7.04. The van der Waals surface area contributed by atoms with Crippen molar-refractivity contribution < 1.29 is 9.21 Å². The standard InChI is InChI=1S/C11H12N2O3/c1-12(2)10(14)7-13-8-5-3-4-6-9(8)16-11(13)15/h3-6H,7H2,1-2H3. The molecule has 0 unspecified atom stereocenters. The molecule has 0 spiro atoms. The van der Waals surface area contributed by atoms with Gasteiger partial charge in [-0.05, 0) is 12.1 Å². The van der Waals surface area contributed by atoms with Crippen LogP contribution in [-0.4, -0.2) is 29.5 Å².